The Morgan fingerprint density at radius 1 is 1.38 bits per heavy atom. The van der Waals surface area contributed by atoms with Crippen LogP contribution >= 0.6 is 0 Å². The highest BCUT2D eigenvalue weighted by Gasteiger charge is 2.16. The highest BCUT2D eigenvalue weighted by atomic mass is 16.5. The van der Waals surface area contributed by atoms with Gasteiger partial charge in [-0.15, -0.1) is 0 Å². The number of methoxy groups -OCH3 is 1. The molecule has 0 aromatic heterocycles. The maximum absolute atomic E-state index is 5.06. The van der Waals surface area contributed by atoms with Gasteiger partial charge in [-0.25, -0.2) is 0 Å². The molecule has 1 unspecified atom stereocenters. The molecule has 1 N–H and O–H groups in total. The van der Waals surface area contributed by atoms with Gasteiger partial charge in [0.05, 0.1) is 6.61 Å². The number of rotatable bonds is 7. The van der Waals surface area contributed by atoms with Crippen LogP contribution in [0, 0.1) is 5.92 Å². The molecule has 0 radical (unpaired) electrons. The summed E-state index contributed by atoms with van der Waals surface area (Å²) in [7, 11) is 5.90. The third-order valence-corrected chi connectivity index (χ3v) is 2.40. The van der Waals surface area contributed by atoms with Gasteiger partial charge < -0.3 is 10.1 Å². The average Bonchev–Trinajstić information content (AvgIpc) is 2.09. The molecule has 0 aromatic rings. The average molecular weight is 188 g/mol. The molecule has 0 fully saturated rings. The third kappa shape index (κ3) is 5.24. The van der Waals surface area contributed by atoms with Gasteiger partial charge in [-0.2, -0.15) is 0 Å². The summed E-state index contributed by atoms with van der Waals surface area (Å²) in [6.45, 7) is 7.36. The van der Waals surface area contributed by atoms with Crippen LogP contribution < -0.4 is 5.32 Å². The third-order valence-electron chi connectivity index (χ3n) is 2.40. The van der Waals surface area contributed by atoms with Gasteiger partial charge in [0, 0.05) is 26.2 Å². The van der Waals surface area contributed by atoms with Crippen LogP contribution in [0.3, 0.4) is 0 Å². The topological polar surface area (TPSA) is 24.5 Å². The quantitative estimate of drug-likeness (QED) is 0.640. The zero-order valence-electron chi connectivity index (χ0n) is 9.63. The van der Waals surface area contributed by atoms with Crippen molar-refractivity contribution in [1.29, 1.82) is 0 Å². The monoisotopic (exact) mass is 188 g/mol. The van der Waals surface area contributed by atoms with Crippen LogP contribution in [0.1, 0.15) is 13.8 Å². The minimum Gasteiger partial charge on any atom is -0.383 e. The molecular formula is C10H24N2O. The molecule has 0 aromatic carbocycles. The summed E-state index contributed by atoms with van der Waals surface area (Å²) in [5.74, 6) is 0.675. The van der Waals surface area contributed by atoms with Gasteiger partial charge in [-0.05, 0) is 20.0 Å². The number of nitrogens with zero attached hydrogens (tertiary/aromatic N) is 1. The summed E-state index contributed by atoms with van der Waals surface area (Å²) in [4.78, 5) is 2.35. The lowest BCUT2D eigenvalue weighted by Gasteiger charge is -2.30. The second-order valence-corrected chi connectivity index (χ2v) is 3.84. The SMILES string of the molecule is CNCC(C(C)C)N(C)CCOC. The zero-order valence-corrected chi connectivity index (χ0v) is 9.63. The van der Waals surface area contributed by atoms with Crippen LogP contribution in [0.4, 0.5) is 0 Å². The maximum Gasteiger partial charge on any atom is 0.0589 e. The molecule has 0 bridgehead atoms. The van der Waals surface area contributed by atoms with Crippen molar-refractivity contribution in [3.05, 3.63) is 0 Å². The second kappa shape index (κ2) is 7.30. The first-order valence-corrected chi connectivity index (χ1v) is 4.97. The van der Waals surface area contributed by atoms with Gasteiger partial charge in [0.25, 0.3) is 0 Å². The second-order valence-electron chi connectivity index (χ2n) is 3.84. The molecular weight excluding hydrogens is 164 g/mol. The van der Waals surface area contributed by atoms with Crippen LogP contribution in [-0.2, 0) is 4.74 Å². The number of nitrogens with one attached hydrogen (secondary N) is 1. The smallest absolute Gasteiger partial charge is 0.0589 e. The standard InChI is InChI=1S/C10H24N2O/c1-9(2)10(8-11-3)12(4)6-7-13-5/h9-11H,6-8H2,1-5H3. The first kappa shape index (κ1) is 12.9. The zero-order chi connectivity index (χ0) is 10.3. The molecule has 0 heterocycles. The van der Waals surface area contributed by atoms with Crippen molar-refractivity contribution >= 4 is 0 Å². The molecule has 0 saturated carbocycles. The van der Waals surface area contributed by atoms with E-state index in [9.17, 15) is 0 Å². The fraction of sp³-hybridized carbons (Fsp3) is 1.00. The van der Waals surface area contributed by atoms with Crippen molar-refractivity contribution in [2.45, 2.75) is 19.9 Å². The highest BCUT2D eigenvalue weighted by Crippen LogP contribution is 2.07. The van der Waals surface area contributed by atoms with E-state index < -0.39 is 0 Å². The normalized spacial score (nSPS) is 14.1. The summed E-state index contributed by atoms with van der Waals surface area (Å²) >= 11 is 0. The lowest BCUT2D eigenvalue weighted by atomic mass is 10.0. The Hall–Kier alpha value is -0.120. The molecule has 0 aliphatic rings. The first-order chi connectivity index (χ1) is 6.13. The molecule has 3 heteroatoms. The molecule has 1 atom stereocenters. The molecule has 0 aliphatic heterocycles. The Morgan fingerprint density at radius 2 is 2.00 bits per heavy atom. The molecule has 0 amide bonds. The predicted octanol–water partition coefficient (Wildman–Crippen LogP) is 0.809. The Balaban J connectivity index is 3.87. The van der Waals surface area contributed by atoms with E-state index in [1.165, 1.54) is 0 Å². The van der Waals surface area contributed by atoms with Gasteiger partial charge in [0.15, 0.2) is 0 Å². The number of hydrogen-bond donors (Lipinski definition) is 1. The molecule has 0 rings (SSSR count). The van der Waals surface area contributed by atoms with Crippen molar-refractivity contribution in [2.75, 3.05) is 40.9 Å². The first-order valence-electron chi connectivity index (χ1n) is 4.97. The Bertz CT molecular complexity index is 117. The van der Waals surface area contributed by atoms with E-state index in [-0.39, 0.29) is 0 Å². The van der Waals surface area contributed by atoms with Crippen molar-refractivity contribution in [2.24, 2.45) is 5.92 Å². The molecule has 0 saturated heterocycles. The largest absolute Gasteiger partial charge is 0.383 e. The van der Waals surface area contributed by atoms with Gasteiger partial charge in [-0.3, -0.25) is 4.90 Å². The van der Waals surface area contributed by atoms with Gasteiger partial charge in [-0.1, -0.05) is 13.8 Å². The molecule has 80 valence electrons. The van der Waals surface area contributed by atoms with Gasteiger partial charge in [0.1, 0.15) is 0 Å². The van der Waals surface area contributed by atoms with Crippen molar-refractivity contribution in [1.82, 2.24) is 10.2 Å². The van der Waals surface area contributed by atoms with E-state index in [0.29, 0.717) is 12.0 Å². The highest BCUT2D eigenvalue weighted by molar-refractivity contribution is 4.73. The van der Waals surface area contributed by atoms with E-state index in [4.69, 9.17) is 4.74 Å². The Labute approximate surface area is 82.4 Å². The fourth-order valence-electron chi connectivity index (χ4n) is 1.51. The number of hydrogen-bond acceptors (Lipinski definition) is 3. The summed E-state index contributed by atoms with van der Waals surface area (Å²) in [6, 6.07) is 0.597. The molecule has 3 nitrogen and oxygen atoms in total. The molecule has 13 heavy (non-hydrogen) atoms. The molecule has 0 spiro atoms. The lowest BCUT2D eigenvalue weighted by Crippen LogP contribution is -2.44. The minimum atomic E-state index is 0.597. The fourth-order valence-corrected chi connectivity index (χ4v) is 1.51. The summed E-state index contributed by atoms with van der Waals surface area (Å²) in [6.07, 6.45) is 0. The van der Waals surface area contributed by atoms with Crippen molar-refractivity contribution < 1.29 is 4.74 Å². The van der Waals surface area contributed by atoms with Crippen molar-refractivity contribution in [3.8, 4) is 0 Å². The maximum atomic E-state index is 5.06. The van der Waals surface area contributed by atoms with E-state index in [1.807, 2.05) is 7.05 Å². The van der Waals surface area contributed by atoms with E-state index in [2.05, 4.69) is 31.1 Å². The predicted molar refractivity (Wildman–Crippen MR) is 57.1 cm³/mol. The van der Waals surface area contributed by atoms with E-state index in [1.54, 1.807) is 7.11 Å². The van der Waals surface area contributed by atoms with Crippen LogP contribution in [0.25, 0.3) is 0 Å². The summed E-state index contributed by atoms with van der Waals surface area (Å²) in [5.41, 5.74) is 0. The minimum absolute atomic E-state index is 0.597. The lowest BCUT2D eigenvalue weighted by molar-refractivity contribution is 0.121. The number of ether oxygens (including phenoxy) is 1. The van der Waals surface area contributed by atoms with E-state index >= 15 is 0 Å². The van der Waals surface area contributed by atoms with E-state index in [0.717, 1.165) is 19.7 Å². The Kier molecular flexibility index (Phi) is 7.23. The number of likely N-dealkylation sites (N-methyl/N-ethyl adjacent to an activating group) is 2. The van der Waals surface area contributed by atoms with Crippen LogP contribution in [-0.4, -0.2) is 51.8 Å². The van der Waals surface area contributed by atoms with Crippen LogP contribution in [0.2, 0.25) is 0 Å². The molecule has 0 aliphatic carbocycles. The van der Waals surface area contributed by atoms with Crippen LogP contribution in [0.5, 0.6) is 0 Å². The summed E-state index contributed by atoms with van der Waals surface area (Å²) < 4.78 is 5.06. The van der Waals surface area contributed by atoms with Gasteiger partial charge in [0.2, 0.25) is 0 Å². The summed E-state index contributed by atoms with van der Waals surface area (Å²) in [5, 5.41) is 3.22. The van der Waals surface area contributed by atoms with Crippen LogP contribution in [0.15, 0.2) is 0 Å². The van der Waals surface area contributed by atoms with Gasteiger partial charge >= 0.3 is 0 Å². The van der Waals surface area contributed by atoms with Crippen molar-refractivity contribution in [3.63, 3.8) is 0 Å². The Morgan fingerprint density at radius 3 is 2.38 bits per heavy atom.